The van der Waals surface area contributed by atoms with Crippen LogP contribution in [0.5, 0.6) is 0 Å². The summed E-state index contributed by atoms with van der Waals surface area (Å²) in [5, 5.41) is 2.26. The highest BCUT2D eigenvalue weighted by atomic mass is 32.2. The van der Waals surface area contributed by atoms with Crippen LogP contribution in [0.2, 0.25) is 0 Å². The Balaban J connectivity index is 2.07. The van der Waals surface area contributed by atoms with Gasteiger partial charge in [0.15, 0.2) is 0 Å². The molecule has 1 aromatic carbocycles. The molecule has 0 aliphatic heterocycles. The summed E-state index contributed by atoms with van der Waals surface area (Å²) in [5.74, 6) is -0.419. The third-order valence-corrected chi connectivity index (χ3v) is 5.56. The Labute approximate surface area is 152 Å². The summed E-state index contributed by atoms with van der Waals surface area (Å²) >= 11 is 1.26. The molecule has 0 spiro atoms. The summed E-state index contributed by atoms with van der Waals surface area (Å²) < 4.78 is 66.8. The van der Waals surface area contributed by atoms with E-state index in [0.29, 0.717) is 16.3 Å². The smallest absolute Gasteiger partial charge is 0.390 e. The van der Waals surface area contributed by atoms with Crippen LogP contribution in [0.25, 0.3) is 11.3 Å². The monoisotopic (exact) mass is 408 g/mol. The normalized spacial score (nSPS) is 12.2. The van der Waals surface area contributed by atoms with Crippen molar-refractivity contribution in [2.45, 2.75) is 23.9 Å². The molecule has 0 bridgehead atoms. The van der Waals surface area contributed by atoms with Gasteiger partial charge in [0.1, 0.15) is 5.01 Å². The number of aromatic nitrogens is 1. The van der Waals surface area contributed by atoms with Crippen LogP contribution in [0.4, 0.5) is 13.2 Å². The number of rotatable bonds is 7. The molecule has 0 amide bonds. The Bertz CT molecular complexity index is 862. The molecule has 0 atom stereocenters. The molecule has 0 fully saturated rings. The summed E-state index contributed by atoms with van der Waals surface area (Å²) in [6, 6.07) is 5.56. The van der Waals surface area contributed by atoms with Crippen molar-refractivity contribution in [1.29, 1.82) is 0 Å². The third kappa shape index (κ3) is 5.78. The van der Waals surface area contributed by atoms with Crippen molar-refractivity contribution in [3.63, 3.8) is 0 Å². The van der Waals surface area contributed by atoms with Gasteiger partial charge in [-0.2, -0.15) is 13.2 Å². The van der Waals surface area contributed by atoms with Crippen molar-refractivity contribution in [3.05, 3.63) is 34.7 Å². The van der Waals surface area contributed by atoms with Gasteiger partial charge < -0.3 is 4.74 Å². The summed E-state index contributed by atoms with van der Waals surface area (Å²) in [5.41, 5.74) is 1.18. The van der Waals surface area contributed by atoms with Gasteiger partial charge in [-0.1, -0.05) is 12.1 Å². The van der Waals surface area contributed by atoms with Gasteiger partial charge in [0.05, 0.1) is 30.5 Å². The highest BCUT2D eigenvalue weighted by Crippen LogP contribution is 2.24. The fourth-order valence-corrected chi connectivity index (χ4v) is 3.76. The van der Waals surface area contributed by atoms with E-state index in [1.54, 1.807) is 5.38 Å². The lowest BCUT2D eigenvalue weighted by molar-refractivity contribution is -0.139. The van der Waals surface area contributed by atoms with E-state index in [1.807, 2.05) is 4.72 Å². The maximum absolute atomic E-state index is 12.1. The number of nitrogens with zero attached hydrogens (tertiary/aromatic N) is 1. The number of esters is 1. The Kier molecular flexibility index (Phi) is 6.37. The number of hydrogen-bond donors (Lipinski definition) is 1. The standard InChI is InChI=1S/C15H15F3N2O4S2/c1-24-14(21)8-13-20-12(9-25-13)10-2-4-11(5-3-10)26(22,23)19-7-6-15(16,17)18/h2-5,9,19H,6-8H2,1H3. The molecule has 6 nitrogen and oxygen atoms in total. The van der Waals surface area contributed by atoms with Gasteiger partial charge in [-0.3, -0.25) is 4.79 Å². The molecule has 0 radical (unpaired) electrons. The van der Waals surface area contributed by atoms with Crippen molar-refractivity contribution >= 4 is 27.3 Å². The summed E-state index contributed by atoms with van der Waals surface area (Å²) in [6.45, 7) is -0.726. The molecule has 0 aliphatic rings. The molecule has 1 aromatic heterocycles. The second-order valence-corrected chi connectivity index (χ2v) is 7.88. The lowest BCUT2D eigenvalue weighted by atomic mass is 10.2. The van der Waals surface area contributed by atoms with Crippen molar-refractivity contribution in [2.24, 2.45) is 0 Å². The first kappa shape index (κ1) is 20.3. The van der Waals surface area contributed by atoms with Gasteiger partial charge in [-0.15, -0.1) is 11.3 Å². The molecular formula is C15H15F3N2O4S2. The highest BCUT2D eigenvalue weighted by molar-refractivity contribution is 7.89. The van der Waals surface area contributed by atoms with Crippen molar-refractivity contribution in [1.82, 2.24) is 9.71 Å². The minimum absolute atomic E-state index is 0.0384. The van der Waals surface area contributed by atoms with E-state index in [1.165, 1.54) is 42.7 Å². The number of nitrogens with one attached hydrogen (secondary N) is 1. The molecule has 1 heterocycles. The van der Waals surface area contributed by atoms with Crippen molar-refractivity contribution < 1.29 is 31.1 Å². The third-order valence-electron chi connectivity index (χ3n) is 3.24. The lowest BCUT2D eigenvalue weighted by Gasteiger charge is -2.09. The highest BCUT2D eigenvalue weighted by Gasteiger charge is 2.27. The average Bonchev–Trinajstić information content (AvgIpc) is 3.02. The zero-order chi connectivity index (χ0) is 19.4. The zero-order valence-corrected chi connectivity index (χ0v) is 15.2. The van der Waals surface area contributed by atoms with Crippen LogP contribution in [0.15, 0.2) is 34.5 Å². The second kappa shape index (κ2) is 8.14. The number of carbonyl (C=O) groups is 1. The summed E-state index contributed by atoms with van der Waals surface area (Å²) in [6.07, 6.45) is -5.64. The topological polar surface area (TPSA) is 85.4 Å². The molecule has 1 N–H and O–H groups in total. The minimum atomic E-state index is -4.43. The molecular weight excluding hydrogens is 393 g/mol. The number of methoxy groups -OCH3 is 1. The fraction of sp³-hybridized carbons (Fsp3) is 0.333. The van der Waals surface area contributed by atoms with Gasteiger partial charge in [0.2, 0.25) is 10.0 Å². The van der Waals surface area contributed by atoms with E-state index in [9.17, 15) is 26.4 Å². The van der Waals surface area contributed by atoms with Gasteiger partial charge in [0, 0.05) is 17.5 Å². The van der Waals surface area contributed by atoms with E-state index in [0.717, 1.165) is 0 Å². The number of hydrogen-bond acceptors (Lipinski definition) is 6. The number of alkyl halides is 3. The Hall–Kier alpha value is -1.98. The molecule has 0 saturated heterocycles. The first-order valence-electron chi connectivity index (χ1n) is 7.29. The van der Waals surface area contributed by atoms with E-state index in [4.69, 9.17) is 0 Å². The SMILES string of the molecule is COC(=O)Cc1nc(-c2ccc(S(=O)(=O)NCCC(F)(F)F)cc2)cs1. The van der Waals surface area contributed by atoms with Crippen molar-refractivity contribution in [2.75, 3.05) is 13.7 Å². The minimum Gasteiger partial charge on any atom is -0.469 e. The number of thiazole rings is 1. The van der Waals surface area contributed by atoms with Crippen LogP contribution in [0.1, 0.15) is 11.4 Å². The number of halogens is 3. The molecule has 26 heavy (non-hydrogen) atoms. The lowest BCUT2D eigenvalue weighted by Crippen LogP contribution is -2.28. The molecule has 0 saturated carbocycles. The van der Waals surface area contributed by atoms with Crippen LogP contribution in [-0.4, -0.2) is 39.2 Å². The van der Waals surface area contributed by atoms with Gasteiger partial charge >= 0.3 is 12.1 Å². The Morgan fingerprint density at radius 1 is 1.27 bits per heavy atom. The van der Waals surface area contributed by atoms with Crippen LogP contribution in [-0.2, 0) is 26.0 Å². The Morgan fingerprint density at radius 2 is 1.92 bits per heavy atom. The van der Waals surface area contributed by atoms with E-state index in [-0.39, 0.29) is 11.3 Å². The second-order valence-electron chi connectivity index (χ2n) is 5.17. The number of carbonyl (C=O) groups excluding carboxylic acids is 1. The van der Waals surface area contributed by atoms with E-state index >= 15 is 0 Å². The fourth-order valence-electron chi connectivity index (χ4n) is 1.94. The zero-order valence-electron chi connectivity index (χ0n) is 13.5. The van der Waals surface area contributed by atoms with Crippen LogP contribution < -0.4 is 4.72 Å². The molecule has 142 valence electrons. The van der Waals surface area contributed by atoms with Crippen LogP contribution >= 0.6 is 11.3 Å². The molecule has 2 aromatic rings. The molecule has 0 unspecified atom stereocenters. The number of sulfonamides is 1. The van der Waals surface area contributed by atoms with Crippen molar-refractivity contribution in [3.8, 4) is 11.3 Å². The van der Waals surface area contributed by atoms with Crippen LogP contribution in [0.3, 0.4) is 0 Å². The van der Waals surface area contributed by atoms with Gasteiger partial charge in [-0.05, 0) is 12.1 Å². The molecule has 2 rings (SSSR count). The van der Waals surface area contributed by atoms with E-state index in [2.05, 4.69) is 9.72 Å². The summed E-state index contributed by atoms with van der Waals surface area (Å²) in [4.78, 5) is 15.4. The van der Waals surface area contributed by atoms with Gasteiger partial charge in [0.25, 0.3) is 0 Å². The number of benzene rings is 1. The van der Waals surface area contributed by atoms with Gasteiger partial charge in [-0.25, -0.2) is 18.1 Å². The average molecular weight is 408 g/mol. The largest absolute Gasteiger partial charge is 0.469 e. The maximum atomic E-state index is 12.1. The maximum Gasteiger partial charge on any atom is 0.390 e. The predicted molar refractivity (Wildman–Crippen MR) is 89.1 cm³/mol. The first-order chi connectivity index (χ1) is 12.1. The quantitative estimate of drug-likeness (QED) is 0.712. The summed E-state index contributed by atoms with van der Waals surface area (Å²) in [7, 11) is -2.75. The first-order valence-corrected chi connectivity index (χ1v) is 9.65. The number of ether oxygens (including phenoxy) is 1. The molecule has 0 aliphatic carbocycles. The van der Waals surface area contributed by atoms with E-state index < -0.39 is 35.1 Å². The predicted octanol–water partition coefficient (Wildman–Crippen LogP) is 2.76. The molecule has 11 heteroatoms. The van der Waals surface area contributed by atoms with Crippen LogP contribution in [0, 0.1) is 0 Å². The Morgan fingerprint density at radius 3 is 2.50 bits per heavy atom.